The van der Waals surface area contributed by atoms with Crippen LogP contribution in [0.1, 0.15) is 13.8 Å². The van der Waals surface area contributed by atoms with Gasteiger partial charge in [-0.2, -0.15) is 0 Å². The molecule has 0 unspecified atom stereocenters. The summed E-state index contributed by atoms with van der Waals surface area (Å²) in [7, 11) is 0. The standard InChI is InChI=1S/C12H12ClNS/c1-8(2)15-9-3-4-12-10(7-9)11(13)5-6-14-12/h3-8H,1-2H3. The van der Waals surface area contributed by atoms with Crippen molar-refractivity contribution in [3.05, 3.63) is 35.5 Å². The van der Waals surface area contributed by atoms with Gasteiger partial charge in [0.2, 0.25) is 0 Å². The van der Waals surface area contributed by atoms with Gasteiger partial charge in [0.15, 0.2) is 0 Å². The predicted molar refractivity (Wildman–Crippen MR) is 67.7 cm³/mol. The molecular weight excluding hydrogens is 226 g/mol. The molecule has 0 N–H and O–H groups in total. The number of rotatable bonds is 2. The van der Waals surface area contributed by atoms with Gasteiger partial charge in [-0.3, -0.25) is 4.98 Å². The number of hydrogen-bond acceptors (Lipinski definition) is 2. The SMILES string of the molecule is CC(C)Sc1ccc2nccc(Cl)c2c1. The molecule has 0 aliphatic carbocycles. The van der Waals surface area contributed by atoms with Crippen molar-refractivity contribution in [2.45, 2.75) is 24.0 Å². The van der Waals surface area contributed by atoms with E-state index in [9.17, 15) is 0 Å². The summed E-state index contributed by atoms with van der Waals surface area (Å²) in [6.45, 7) is 4.36. The predicted octanol–water partition coefficient (Wildman–Crippen LogP) is 4.39. The highest BCUT2D eigenvalue weighted by molar-refractivity contribution is 7.99. The van der Waals surface area contributed by atoms with Gasteiger partial charge in [-0.1, -0.05) is 25.4 Å². The molecule has 0 saturated heterocycles. The van der Waals surface area contributed by atoms with E-state index in [1.165, 1.54) is 4.90 Å². The minimum absolute atomic E-state index is 0.581. The van der Waals surface area contributed by atoms with Crippen LogP contribution in [0.5, 0.6) is 0 Å². The van der Waals surface area contributed by atoms with Crippen molar-refractivity contribution in [1.82, 2.24) is 4.98 Å². The minimum atomic E-state index is 0.581. The van der Waals surface area contributed by atoms with Crippen LogP contribution < -0.4 is 0 Å². The van der Waals surface area contributed by atoms with Crippen LogP contribution in [0.15, 0.2) is 35.4 Å². The molecule has 2 rings (SSSR count). The first-order valence-corrected chi connectivity index (χ1v) is 6.13. The first-order valence-electron chi connectivity index (χ1n) is 4.88. The van der Waals surface area contributed by atoms with Crippen LogP contribution in [0.3, 0.4) is 0 Å². The lowest BCUT2D eigenvalue weighted by Gasteiger charge is -2.06. The number of halogens is 1. The highest BCUT2D eigenvalue weighted by Gasteiger charge is 2.03. The molecule has 1 aromatic carbocycles. The molecule has 0 bridgehead atoms. The number of pyridine rings is 1. The van der Waals surface area contributed by atoms with Gasteiger partial charge in [0.1, 0.15) is 0 Å². The topological polar surface area (TPSA) is 12.9 Å². The van der Waals surface area contributed by atoms with Gasteiger partial charge in [-0.25, -0.2) is 0 Å². The molecule has 1 aromatic heterocycles. The summed E-state index contributed by atoms with van der Waals surface area (Å²) in [5.74, 6) is 0. The Bertz CT molecular complexity index is 482. The van der Waals surface area contributed by atoms with Crippen molar-refractivity contribution in [3.63, 3.8) is 0 Å². The second kappa shape index (κ2) is 4.42. The van der Waals surface area contributed by atoms with Gasteiger partial charge in [0.05, 0.1) is 10.5 Å². The molecule has 0 spiro atoms. The Morgan fingerprint density at radius 2 is 2.07 bits per heavy atom. The number of nitrogens with zero attached hydrogens (tertiary/aromatic N) is 1. The lowest BCUT2D eigenvalue weighted by atomic mass is 10.2. The number of hydrogen-bond donors (Lipinski definition) is 0. The first-order chi connectivity index (χ1) is 7.16. The van der Waals surface area contributed by atoms with Gasteiger partial charge in [0.25, 0.3) is 0 Å². The molecule has 0 radical (unpaired) electrons. The Morgan fingerprint density at radius 3 is 2.80 bits per heavy atom. The van der Waals surface area contributed by atoms with Crippen LogP contribution in [-0.2, 0) is 0 Å². The maximum Gasteiger partial charge on any atom is 0.0717 e. The quantitative estimate of drug-likeness (QED) is 0.719. The van der Waals surface area contributed by atoms with Crippen LogP contribution in [-0.4, -0.2) is 10.2 Å². The van der Waals surface area contributed by atoms with Crippen LogP contribution in [0.2, 0.25) is 5.02 Å². The zero-order chi connectivity index (χ0) is 10.8. The van der Waals surface area contributed by atoms with E-state index in [-0.39, 0.29) is 0 Å². The smallest absolute Gasteiger partial charge is 0.0717 e. The van der Waals surface area contributed by atoms with Crippen molar-refractivity contribution in [1.29, 1.82) is 0 Å². The van der Waals surface area contributed by atoms with Crippen molar-refractivity contribution in [2.75, 3.05) is 0 Å². The molecule has 1 nitrogen and oxygen atoms in total. The summed E-state index contributed by atoms with van der Waals surface area (Å²) in [6, 6.07) is 8.05. The Morgan fingerprint density at radius 1 is 1.27 bits per heavy atom. The third-order valence-corrected chi connectivity index (χ3v) is 3.36. The molecule has 0 amide bonds. The summed E-state index contributed by atoms with van der Waals surface area (Å²) >= 11 is 7.95. The van der Waals surface area contributed by atoms with E-state index in [0.717, 1.165) is 15.9 Å². The van der Waals surface area contributed by atoms with Crippen molar-refractivity contribution in [2.24, 2.45) is 0 Å². The summed E-state index contributed by atoms with van der Waals surface area (Å²) in [5.41, 5.74) is 0.954. The van der Waals surface area contributed by atoms with E-state index in [1.54, 1.807) is 6.20 Å². The van der Waals surface area contributed by atoms with Crippen LogP contribution >= 0.6 is 23.4 Å². The fraction of sp³-hybridized carbons (Fsp3) is 0.250. The van der Waals surface area contributed by atoms with Crippen LogP contribution in [0.4, 0.5) is 0 Å². The molecule has 0 atom stereocenters. The monoisotopic (exact) mass is 237 g/mol. The average Bonchev–Trinajstić information content (AvgIpc) is 2.18. The maximum atomic E-state index is 6.12. The number of aromatic nitrogens is 1. The third-order valence-electron chi connectivity index (χ3n) is 2.03. The van der Waals surface area contributed by atoms with E-state index in [4.69, 9.17) is 11.6 Å². The van der Waals surface area contributed by atoms with Crippen molar-refractivity contribution >= 4 is 34.3 Å². The second-order valence-corrected chi connectivity index (χ2v) is 5.70. The molecule has 78 valence electrons. The Kier molecular flexibility index (Phi) is 3.17. The lowest BCUT2D eigenvalue weighted by Crippen LogP contribution is -1.86. The molecule has 0 saturated carbocycles. The highest BCUT2D eigenvalue weighted by atomic mass is 35.5. The number of benzene rings is 1. The van der Waals surface area contributed by atoms with E-state index in [2.05, 4.69) is 31.0 Å². The molecule has 1 heterocycles. The van der Waals surface area contributed by atoms with Crippen molar-refractivity contribution < 1.29 is 0 Å². The van der Waals surface area contributed by atoms with Gasteiger partial charge in [-0.15, -0.1) is 11.8 Å². The zero-order valence-electron chi connectivity index (χ0n) is 8.70. The maximum absolute atomic E-state index is 6.12. The number of thioether (sulfide) groups is 1. The molecule has 2 aromatic rings. The summed E-state index contributed by atoms with van der Waals surface area (Å²) in [6.07, 6.45) is 1.74. The molecule has 15 heavy (non-hydrogen) atoms. The zero-order valence-corrected chi connectivity index (χ0v) is 10.3. The third kappa shape index (κ3) is 2.44. The number of fused-ring (bicyclic) bond motifs is 1. The molecular formula is C12H12ClNS. The van der Waals surface area contributed by atoms with E-state index >= 15 is 0 Å². The Labute approximate surface area is 98.9 Å². The fourth-order valence-corrected chi connectivity index (χ4v) is 2.52. The van der Waals surface area contributed by atoms with E-state index in [0.29, 0.717) is 5.25 Å². The Balaban J connectivity index is 2.50. The fourth-order valence-electron chi connectivity index (χ4n) is 1.44. The molecule has 0 aliphatic heterocycles. The molecule has 0 aliphatic rings. The normalized spacial score (nSPS) is 11.2. The summed E-state index contributed by atoms with van der Waals surface area (Å²) < 4.78 is 0. The largest absolute Gasteiger partial charge is 0.256 e. The highest BCUT2D eigenvalue weighted by Crippen LogP contribution is 2.29. The van der Waals surface area contributed by atoms with Gasteiger partial charge in [-0.05, 0) is 24.3 Å². The molecule has 3 heteroatoms. The van der Waals surface area contributed by atoms with Crippen molar-refractivity contribution in [3.8, 4) is 0 Å². The summed E-state index contributed by atoms with van der Waals surface area (Å²) in [5, 5.41) is 2.38. The van der Waals surface area contributed by atoms with Gasteiger partial charge >= 0.3 is 0 Å². The second-order valence-electron chi connectivity index (χ2n) is 3.64. The first kappa shape index (κ1) is 10.8. The lowest BCUT2D eigenvalue weighted by molar-refractivity contribution is 1.11. The van der Waals surface area contributed by atoms with E-state index < -0.39 is 0 Å². The van der Waals surface area contributed by atoms with Crippen LogP contribution in [0.25, 0.3) is 10.9 Å². The molecule has 0 fully saturated rings. The average molecular weight is 238 g/mol. The van der Waals surface area contributed by atoms with Gasteiger partial charge in [0, 0.05) is 21.7 Å². The Hall–Kier alpha value is -0.730. The summed E-state index contributed by atoms with van der Waals surface area (Å²) in [4.78, 5) is 5.51. The minimum Gasteiger partial charge on any atom is -0.256 e. The van der Waals surface area contributed by atoms with Gasteiger partial charge < -0.3 is 0 Å². The van der Waals surface area contributed by atoms with E-state index in [1.807, 2.05) is 23.9 Å². The van der Waals surface area contributed by atoms with Crippen LogP contribution in [0, 0.1) is 0 Å².